The van der Waals surface area contributed by atoms with Crippen LogP contribution in [0.5, 0.6) is 17.2 Å². The van der Waals surface area contributed by atoms with Crippen molar-refractivity contribution in [1.82, 2.24) is 10.6 Å². The van der Waals surface area contributed by atoms with Gasteiger partial charge < -0.3 is 14.2 Å². The van der Waals surface area contributed by atoms with Gasteiger partial charge in [0.1, 0.15) is 24.5 Å². The second kappa shape index (κ2) is 10.8. The van der Waals surface area contributed by atoms with Gasteiger partial charge >= 0.3 is 0 Å². The molecule has 1 atom stereocenters. The molecule has 2 N–H and O–H groups in total. The van der Waals surface area contributed by atoms with Gasteiger partial charge in [-0.1, -0.05) is 32.0 Å². The molecule has 1 fully saturated rings. The largest absolute Gasteiger partial charge is 0.493 e. The van der Waals surface area contributed by atoms with Crippen LogP contribution in [0, 0.1) is 0 Å². The molecule has 7 nitrogen and oxygen atoms in total. The highest BCUT2D eigenvalue weighted by Crippen LogP contribution is 2.29. The Hall–Kier alpha value is -3.39. The van der Waals surface area contributed by atoms with Crippen LogP contribution in [0.25, 0.3) is 6.08 Å². The maximum atomic E-state index is 12.0. The fourth-order valence-electron chi connectivity index (χ4n) is 3.11. The molecule has 2 aromatic carbocycles. The van der Waals surface area contributed by atoms with Crippen LogP contribution in [0.15, 0.2) is 48.0 Å². The zero-order valence-corrected chi connectivity index (χ0v) is 19.1. The second-order valence-electron chi connectivity index (χ2n) is 7.28. The second-order valence-corrected chi connectivity index (χ2v) is 7.69. The van der Waals surface area contributed by atoms with Gasteiger partial charge in [0.05, 0.1) is 7.11 Å². The number of rotatable bonds is 9. The van der Waals surface area contributed by atoms with Gasteiger partial charge in [0.25, 0.3) is 11.8 Å². The van der Waals surface area contributed by atoms with Crippen LogP contribution in [-0.2, 0) is 9.59 Å². The first-order chi connectivity index (χ1) is 15.4. The van der Waals surface area contributed by atoms with Crippen LogP contribution < -0.4 is 24.8 Å². The summed E-state index contributed by atoms with van der Waals surface area (Å²) in [5, 5.41) is 4.80. The van der Waals surface area contributed by atoms with Crippen LogP contribution >= 0.6 is 12.2 Å². The minimum atomic E-state index is -0.549. The van der Waals surface area contributed by atoms with Crippen molar-refractivity contribution in [3.63, 3.8) is 0 Å². The molecule has 0 unspecified atom stereocenters. The Kier molecular flexibility index (Phi) is 7.83. The number of methoxy groups -OCH3 is 1. The van der Waals surface area contributed by atoms with Crippen molar-refractivity contribution in [1.29, 1.82) is 0 Å². The van der Waals surface area contributed by atoms with E-state index in [4.69, 9.17) is 26.4 Å². The van der Waals surface area contributed by atoms with Crippen LogP contribution in [0.4, 0.5) is 0 Å². The summed E-state index contributed by atoms with van der Waals surface area (Å²) in [6, 6.07) is 13.2. The summed E-state index contributed by atoms with van der Waals surface area (Å²) in [5.41, 5.74) is 1.86. The molecule has 0 spiro atoms. The van der Waals surface area contributed by atoms with Crippen molar-refractivity contribution in [3.05, 3.63) is 59.2 Å². The van der Waals surface area contributed by atoms with Crippen molar-refractivity contribution in [2.75, 3.05) is 20.3 Å². The van der Waals surface area contributed by atoms with Crippen molar-refractivity contribution in [2.24, 2.45) is 0 Å². The number of amides is 2. The molecule has 1 heterocycles. The minimum absolute atomic E-state index is 0.00726. The molecule has 1 aliphatic heterocycles. The van der Waals surface area contributed by atoms with Crippen molar-refractivity contribution in [2.45, 2.75) is 26.2 Å². The third kappa shape index (κ3) is 5.85. The van der Waals surface area contributed by atoms with Crippen molar-refractivity contribution < 1.29 is 23.8 Å². The lowest BCUT2D eigenvalue weighted by molar-refractivity contribution is -0.123. The topological polar surface area (TPSA) is 85.9 Å². The third-order valence-corrected chi connectivity index (χ3v) is 5.32. The summed E-state index contributed by atoms with van der Waals surface area (Å²) in [6.07, 6.45) is 2.56. The molecule has 1 saturated heterocycles. The van der Waals surface area contributed by atoms with E-state index in [2.05, 4.69) is 36.6 Å². The SMILES string of the molecule is CC[C@@H](C)c1ccc(OCCOc2ccc(C=C3C(=O)NC(=S)NC3=O)cc2OC)cc1. The molecule has 2 aromatic rings. The monoisotopic (exact) mass is 454 g/mol. The Morgan fingerprint density at radius 3 is 2.25 bits per heavy atom. The van der Waals surface area contributed by atoms with Gasteiger partial charge in [-0.25, -0.2) is 0 Å². The number of ether oxygens (including phenoxy) is 3. The smallest absolute Gasteiger partial charge is 0.263 e. The van der Waals surface area contributed by atoms with Gasteiger partial charge in [0.2, 0.25) is 0 Å². The van der Waals surface area contributed by atoms with E-state index in [0.717, 1.165) is 12.2 Å². The summed E-state index contributed by atoms with van der Waals surface area (Å²) in [5.74, 6) is 1.23. The highest BCUT2D eigenvalue weighted by atomic mass is 32.1. The van der Waals surface area contributed by atoms with E-state index in [-0.39, 0.29) is 10.7 Å². The van der Waals surface area contributed by atoms with E-state index >= 15 is 0 Å². The maximum absolute atomic E-state index is 12.0. The highest BCUT2D eigenvalue weighted by Gasteiger charge is 2.25. The summed E-state index contributed by atoms with van der Waals surface area (Å²) in [6.45, 7) is 5.07. The summed E-state index contributed by atoms with van der Waals surface area (Å²) in [7, 11) is 1.52. The fourth-order valence-corrected chi connectivity index (χ4v) is 3.29. The molecular formula is C24H26N2O5S. The lowest BCUT2D eigenvalue weighted by Crippen LogP contribution is -2.51. The van der Waals surface area contributed by atoms with E-state index in [0.29, 0.717) is 36.2 Å². The van der Waals surface area contributed by atoms with E-state index in [1.165, 1.54) is 18.7 Å². The predicted octanol–water partition coefficient (Wildman–Crippen LogP) is 3.58. The standard InChI is InChI=1S/C24H26N2O5S/c1-4-15(2)17-6-8-18(9-7-17)30-11-12-31-20-10-5-16(14-21(20)29-3)13-19-22(27)25-24(32)26-23(19)28/h5-10,13-15H,4,11-12H2,1-3H3,(H2,25,26,27,28,32)/t15-/m1/s1. The van der Waals surface area contributed by atoms with Crippen LogP contribution in [-0.4, -0.2) is 37.3 Å². The zero-order chi connectivity index (χ0) is 23.1. The molecule has 0 aliphatic carbocycles. The van der Waals surface area contributed by atoms with Gasteiger partial charge in [-0.3, -0.25) is 20.2 Å². The number of benzene rings is 2. The summed E-state index contributed by atoms with van der Waals surface area (Å²) < 4.78 is 16.9. The highest BCUT2D eigenvalue weighted by molar-refractivity contribution is 7.80. The predicted molar refractivity (Wildman–Crippen MR) is 126 cm³/mol. The fraction of sp³-hybridized carbons (Fsp3) is 0.292. The van der Waals surface area contributed by atoms with Gasteiger partial charge in [-0.2, -0.15) is 0 Å². The molecule has 3 rings (SSSR count). The van der Waals surface area contributed by atoms with Crippen molar-refractivity contribution in [3.8, 4) is 17.2 Å². The normalized spacial score (nSPS) is 14.3. The van der Waals surface area contributed by atoms with Crippen LogP contribution in [0.3, 0.4) is 0 Å². The lowest BCUT2D eigenvalue weighted by atomic mass is 9.99. The molecular weight excluding hydrogens is 428 g/mol. The Morgan fingerprint density at radius 1 is 0.969 bits per heavy atom. The Morgan fingerprint density at radius 2 is 1.62 bits per heavy atom. The summed E-state index contributed by atoms with van der Waals surface area (Å²) in [4.78, 5) is 24.0. The van der Waals surface area contributed by atoms with E-state index in [1.807, 2.05) is 12.1 Å². The molecule has 32 heavy (non-hydrogen) atoms. The quantitative estimate of drug-likeness (QED) is 0.261. The third-order valence-electron chi connectivity index (χ3n) is 5.11. The molecule has 1 aliphatic rings. The number of carbonyl (C=O) groups excluding carboxylic acids is 2. The first-order valence-corrected chi connectivity index (χ1v) is 10.7. The minimum Gasteiger partial charge on any atom is -0.493 e. The van der Waals surface area contributed by atoms with Gasteiger partial charge in [0, 0.05) is 0 Å². The molecule has 8 heteroatoms. The first kappa shape index (κ1) is 23.3. The molecule has 0 aromatic heterocycles. The number of nitrogens with one attached hydrogen (secondary N) is 2. The molecule has 2 amide bonds. The van der Waals surface area contributed by atoms with Gasteiger partial charge in [-0.15, -0.1) is 0 Å². The average Bonchev–Trinajstić information content (AvgIpc) is 2.79. The molecule has 168 valence electrons. The van der Waals surface area contributed by atoms with Crippen LogP contribution in [0.2, 0.25) is 0 Å². The maximum Gasteiger partial charge on any atom is 0.263 e. The number of carbonyl (C=O) groups is 2. The first-order valence-electron chi connectivity index (χ1n) is 10.3. The molecule has 0 saturated carbocycles. The molecule has 0 bridgehead atoms. The van der Waals surface area contributed by atoms with E-state index in [1.54, 1.807) is 18.2 Å². The lowest BCUT2D eigenvalue weighted by Gasteiger charge is -2.16. The number of thiocarbonyl (C=S) groups is 1. The Bertz CT molecular complexity index is 1010. The number of hydrogen-bond donors (Lipinski definition) is 2. The van der Waals surface area contributed by atoms with E-state index < -0.39 is 11.8 Å². The van der Waals surface area contributed by atoms with Crippen LogP contribution in [0.1, 0.15) is 37.3 Å². The summed E-state index contributed by atoms with van der Waals surface area (Å²) >= 11 is 4.80. The number of hydrogen-bond acceptors (Lipinski definition) is 6. The Balaban J connectivity index is 1.58. The zero-order valence-electron chi connectivity index (χ0n) is 18.3. The average molecular weight is 455 g/mol. The Labute approximate surface area is 192 Å². The van der Waals surface area contributed by atoms with Gasteiger partial charge in [-0.05, 0) is 66.0 Å². The van der Waals surface area contributed by atoms with Crippen molar-refractivity contribution >= 4 is 35.2 Å². The molecule has 0 radical (unpaired) electrons. The van der Waals surface area contributed by atoms with Gasteiger partial charge in [0.15, 0.2) is 16.6 Å². The van der Waals surface area contributed by atoms with E-state index in [9.17, 15) is 9.59 Å².